The summed E-state index contributed by atoms with van der Waals surface area (Å²) >= 11 is 0. The van der Waals surface area contributed by atoms with E-state index in [1.54, 1.807) is 24.3 Å². The Morgan fingerprint density at radius 2 is 2.08 bits per heavy atom. The molecule has 1 unspecified atom stereocenters. The Morgan fingerprint density at radius 1 is 1.28 bits per heavy atom. The fourth-order valence-corrected chi connectivity index (χ4v) is 3.59. The minimum absolute atomic E-state index is 0.0761. The lowest BCUT2D eigenvalue weighted by Gasteiger charge is -2.23. The van der Waals surface area contributed by atoms with Gasteiger partial charge in [0.05, 0.1) is 0 Å². The van der Waals surface area contributed by atoms with E-state index in [-0.39, 0.29) is 5.43 Å². The fourth-order valence-electron chi connectivity index (χ4n) is 3.59. The van der Waals surface area contributed by atoms with E-state index in [4.69, 9.17) is 5.73 Å². The molecule has 1 fully saturated rings. The average Bonchev–Trinajstić information content (AvgIpc) is 2.80. The highest BCUT2D eigenvalue weighted by molar-refractivity contribution is 5.96. The molecule has 0 spiro atoms. The summed E-state index contributed by atoms with van der Waals surface area (Å²) in [6.45, 7) is 2.82. The zero-order chi connectivity index (χ0) is 18.0. The van der Waals surface area contributed by atoms with Crippen molar-refractivity contribution in [3.63, 3.8) is 0 Å². The van der Waals surface area contributed by atoms with Crippen LogP contribution in [0.5, 0.6) is 0 Å². The number of carbonyl (C=O) groups excluding carboxylic acids is 1. The molecule has 0 aliphatic carbocycles. The zero-order valence-electron chi connectivity index (χ0n) is 14.9. The molecule has 25 heavy (non-hydrogen) atoms. The van der Waals surface area contributed by atoms with Gasteiger partial charge in [-0.2, -0.15) is 0 Å². The van der Waals surface area contributed by atoms with Gasteiger partial charge in [0.1, 0.15) is 0 Å². The van der Waals surface area contributed by atoms with Crippen LogP contribution in [0.3, 0.4) is 0 Å². The van der Waals surface area contributed by atoms with Crippen LogP contribution in [0.25, 0.3) is 10.9 Å². The fraction of sp³-hybridized carbons (Fsp3) is 0.474. The molecule has 134 valence electrons. The molecule has 0 bridgehead atoms. The third kappa shape index (κ3) is 4.08. The van der Waals surface area contributed by atoms with Crippen molar-refractivity contribution in [2.24, 2.45) is 5.73 Å². The second kappa shape index (κ2) is 7.37. The second-order valence-electron chi connectivity index (χ2n) is 7.11. The molecule has 0 radical (unpaired) electrons. The molecule has 0 saturated carbocycles. The molecule has 3 rings (SSSR count). The minimum Gasteiger partial charge on any atom is -0.366 e. The van der Waals surface area contributed by atoms with Crippen molar-refractivity contribution in [1.29, 1.82) is 0 Å². The highest BCUT2D eigenvalue weighted by Crippen LogP contribution is 2.17. The summed E-state index contributed by atoms with van der Waals surface area (Å²) in [5.41, 5.74) is 7.23. The van der Waals surface area contributed by atoms with Crippen LogP contribution in [-0.2, 0) is 6.54 Å². The molecule has 6 heteroatoms. The number of rotatable bonds is 4. The Bertz CT molecular complexity index is 828. The van der Waals surface area contributed by atoms with Crippen LogP contribution in [0, 0.1) is 0 Å². The Balaban J connectivity index is 1.79. The number of nitrogens with one attached hydrogen (secondary N) is 1. The number of hydrogen-bond donors (Lipinski definition) is 2. The summed E-state index contributed by atoms with van der Waals surface area (Å²) in [5.74, 6) is -0.523. The van der Waals surface area contributed by atoms with Crippen LogP contribution in [0.1, 0.15) is 35.3 Å². The first-order chi connectivity index (χ1) is 11.9. The number of H-pyrrole nitrogens is 1. The summed E-state index contributed by atoms with van der Waals surface area (Å²) < 4.78 is 0. The molecule has 1 aromatic heterocycles. The van der Waals surface area contributed by atoms with Crippen molar-refractivity contribution in [3.05, 3.63) is 45.7 Å². The normalized spacial score (nSPS) is 19.2. The van der Waals surface area contributed by atoms with E-state index in [9.17, 15) is 9.59 Å². The number of benzene rings is 1. The van der Waals surface area contributed by atoms with Gasteiger partial charge in [-0.15, -0.1) is 0 Å². The van der Waals surface area contributed by atoms with Crippen molar-refractivity contribution in [2.45, 2.75) is 31.8 Å². The smallest absolute Gasteiger partial charge is 0.248 e. The number of pyridine rings is 1. The molecular formula is C19H26N4O2. The van der Waals surface area contributed by atoms with Crippen LogP contribution < -0.4 is 11.2 Å². The van der Waals surface area contributed by atoms with Gasteiger partial charge in [0.15, 0.2) is 5.43 Å². The van der Waals surface area contributed by atoms with E-state index in [0.717, 1.165) is 37.3 Å². The monoisotopic (exact) mass is 342 g/mol. The van der Waals surface area contributed by atoms with Crippen molar-refractivity contribution in [3.8, 4) is 0 Å². The quantitative estimate of drug-likeness (QED) is 0.883. The van der Waals surface area contributed by atoms with Gasteiger partial charge in [-0.25, -0.2) is 0 Å². The van der Waals surface area contributed by atoms with Gasteiger partial charge in [0.2, 0.25) is 5.91 Å². The van der Waals surface area contributed by atoms with Crippen molar-refractivity contribution < 1.29 is 4.79 Å². The van der Waals surface area contributed by atoms with Crippen LogP contribution >= 0.6 is 0 Å². The third-order valence-corrected chi connectivity index (χ3v) is 5.08. The molecular weight excluding hydrogens is 316 g/mol. The first-order valence-electron chi connectivity index (χ1n) is 8.78. The highest BCUT2D eigenvalue weighted by atomic mass is 16.1. The molecule has 1 saturated heterocycles. The first-order valence-corrected chi connectivity index (χ1v) is 8.78. The van der Waals surface area contributed by atoms with E-state index in [1.165, 1.54) is 12.8 Å². The zero-order valence-corrected chi connectivity index (χ0v) is 14.9. The SMILES string of the molecule is CN(C)C1CCCN(Cc2cc(=O)c3cc(C(N)=O)ccc3[nH]2)CC1. The van der Waals surface area contributed by atoms with E-state index >= 15 is 0 Å². The van der Waals surface area contributed by atoms with Gasteiger partial charge in [0, 0.05) is 47.4 Å². The number of nitrogens with two attached hydrogens (primary N) is 1. The Hall–Kier alpha value is -2.18. The van der Waals surface area contributed by atoms with Crippen LogP contribution in [0.2, 0.25) is 0 Å². The first kappa shape index (κ1) is 17.6. The molecule has 1 atom stereocenters. The Labute approximate surface area is 147 Å². The molecule has 1 amide bonds. The predicted molar refractivity (Wildman–Crippen MR) is 99.7 cm³/mol. The minimum atomic E-state index is -0.523. The molecule has 6 nitrogen and oxygen atoms in total. The van der Waals surface area contributed by atoms with Gasteiger partial charge >= 0.3 is 0 Å². The summed E-state index contributed by atoms with van der Waals surface area (Å²) in [4.78, 5) is 31.8. The molecule has 2 aromatic rings. The Kier molecular flexibility index (Phi) is 5.20. The number of aromatic nitrogens is 1. The average molecular weight is 342 g/mol. The topological polar surface area (TPSA) is 82.4 Å². The van der Waals surface area contributed by atoms with Gasteiger partial charge in [-0.05, 0) is 58.1 Å². The summed E-state index contributed by atoms with van der Waals surface area (Å²) in [7, 11) is 4.28. The lowest BCUT2D eigenvalue weighted by atomic mass is 10.1. The lowest BCUT2D eigenvalue weighted by Crippen LogP contribution is -2.30. The van der Waals surface area contributed by atoms with Crippen molar-refractivity contribution in [1.82, 2.24) is 14.8 Å². The largest absolute Gasteiger partial charge is 0.366 e. The number of nitrogens with zero attached hydrogens (tertiary/aromatic N) is 2. The Morgan fingerprint density at radius 3 is 2.80 bits per heavy atom. The van der Waals surface area contributed by atoms with Crippen LogP contribution in [0.15, 0.2) is 29.1 Å². The summed E-state index contributed by atoms with van der Waals surface area (Å²) in [6.07, 6.45) is 3.53. The van der Waals surface area contributed by atoms with Gasteiger partial charge in [0.25, 0.3) is 0 Å². The van der Waals surface area contributed by atoms with Gasteiger partial charge in [-0.3, -0.25) is 14.5 Å². The van der Waals surface area contributed by atoms with E-state index in [2.05, 4.69) is 28.9 Å². The van der Waals surface area contributed by atoms with E-state index in [1.807, 2.05) is 0 Å². The number of hydrogen-bond acceptors (Lipinski definition) is 4. The number of amides is 1. The van der Waals surface area contributed by atoms with Gasteiger partial charge in [-0.1, -0.05) is 0 Å². The molecule has 1 aromatic carbocycles. The third-order valence-electron chi connectivity index (χ3n) is 5.08. The maximum atomic E-state index is 12.4. The number of aromatic amines is 1. The summed E-state index contributed by atoms with van der Waals surface area (Å²) in [5, 5.41) is 0.503. The lowest BCUT2D eigenvalue weighted by molar-refractivity contribution is 0.100. The van der Waals surface area contributed by atoms with Gasteiger partial charge < -0.3 is 15.6 Å². The number of fused-ring (bicyclic) bond motifs is 1. The second-order valence-corrected chi connectivity index (χ2v) is 7.11. The molecule has 1 aliphatic rings. The standard InChI is InChI=1S/C19H26N4O2/c1-22(2)15-4-3-8-23(9-7-15)12-14-11-18(24)16-10-13(19(20)25)5-6-17(16)21-14/h5-6,10-11,15H,3-4,7-9,12H2,1-2H3,(H2,20,25)(H,21,24). The number of carbonyl (C=O) groups is 1. The summed E-state index contributed by atoms with van der Waals surface area (Å²) in [6, 6.07) is 7.24. The predicted octanol–water partition coefficient (Wildman–Crippen LogP) is 1.54. The van der Waals surface area contributed by atoms with Crippen molar-refractivity contribution >= 4 is 16.8 Å². The molecule has 1 aliphatic heterocycles. The van der Waals surface area contributed by atoms with Crippen molar-refractivity contribution in [2.75, 3.05) is 27.2 Å². The van der Waals surface area contributed by atoms with Crippen LogP contribution in [-0.4, -0.2) is 53.9 Å². The van der Waals surface area contributed by atoms with E-state index < -0.39 is 5.91 Å². The van der Waals surface area contributed by atoms with Crippen LogP contribution in [0.4, 0.5) is 0 Å². The number of likely N-dealkylation sites (tertiary alicyclic amines) is 1. The number of primary amides is 1. The molecule has 2 heterocycles. The maximum Gasteiger partial charge on any atom is 0.248 e. The maximum absolute atomic E-state index is 12.4. The highest BCUT2D eigenvalue weighted by Gasteiger charge is 2.19. The molecule has 3 N–H and O–H groups in total. The van der Waals surface area contributed by atoms with E-state index in [0.29, 0.717) is 17.0 Å².